The van der Waals surface area contributed by atoms with Gasteiger partial charge in [0.2, 0.25) is 20.0 Å². The third-order valence-corrected chi connectivity index (χ3v) is 6.32. The largest absolute Gasteiger partial charge is 0.459 e. The first-order valence-electron chi connectivity index (χ1n) is 7.10. The Balaban J connectivity index is 2.12. The highest BCUT2D eigenvalue weighted by Crippen LogP contribution is 2.36. The number of benzene rings is 1. The summed E-state index contributed by atoms with van der Waals surface area (Å²) in [5.74, 6) is 0.539. The van der Waals surface area contributed by atoms with E-state index in [1.807, 2.05) is 13.8 Å². The van der Waals surface area contributed by atoms with E-state index in [1.165, 1.54) is 30.2 Å². The van der Waals surface area contributed by atoms with Gasteiger partial charge in [-0.05, 0) is 36.4 Å². The first-order chi connectivity index (χ1) is 11.4. The normalized spacial score (nSPS) is 12.0. The average Bonchev–Trinajstić information content (AvgIpc) is 3.16. The molecular formula is C16H14BrNO4S2. The van der Waals surface area contributed by atoms with Crippen molar-refractivity contribution in [2.45, 2.75) is 34.1 Å². The van der Waals surface area contributed by atoms with E-state index in [0.717, 1.165) is 4.47 Å². The molecule has 0 saturated carbocycles. The van der Waals surface area contributed by atoms with Crippen molar-refractivity contribution in [3.05, 3.63) is 47.1 Å². The summed E-state index contributed by atoms with van der Waals surface area (Å²) in [5.41, 5.74) is 0. The summed E-state index contributed by atoms with van der Waals surface area (Å²) in [5, 5.41) is 0.315. The predicted molar refractivity (Wildman–Crippen MR) is 94.8 cm³/mol. The minimum Gasteiger partial charge on any atom is -0.459 e. The van der Waals surface area contributed by atoms with Gasteiger partial charge in [-0.3, -0.25) is 0 Å². The molecule has 2 heterocycles. The number of halogens is 1. The van der Waals surface area contributed by atoms with Crippen molar-refractivity contribution >= 4 is 37.5 Å². The van der Waals surface area contributed by atoms with Gasteiger partial charge in [-0.25, -0.2) is 8.42 Å². The fourth-order valence-electron chi connectivity index (χ4n) is 1.98. The summed E-state index contributed by atoms with van der Waals surface area (Å²) >= 11 is 4.61. The molecule has 0 amide bonds. The lowest BCUT2D eigenvalue weighted by Crippen LogP contribution is -2.04. The van der Waals surface area contributed by atoms with Crippen molar-refractivity contribution in [3.63, 3.8) is 0 Å². The van der Waals surface area contributed by atoms with E-state index in [9.17, 15) is 8.42 Å². The second-order valence-electron chi connectivity index (χ2n) is 5.21. The molecule has 5 nitrogen and oxygen atoms in total. The molecule has 0 aliphatic rings. The molecule has 0 aliphatic carbocycles. The van der Waals surface area contributed by atoms with Crippen molar-refractivity contribution in [2.24, 2.45) is 0 Å². The minimum atomic E-state index is -3.79. The highest BCUT2D eigenvalue weighted by atomic mass is 79.9. The second kappa shape index (κ2) is 6.78. The quantitative estimate of drug-likeness (QED) is 0.531. The van der Waals surface area contributed by atoms with Crippen LogP contribution in [0.1, 0.15) is 13.8 Å². The van der Waals surface area contributed by atoms with E-state index in [2.05, 4.69) is 20.9 Å². The molecule has 0 bridgehead atoms. The summed E-state index contributed by atoms with van der Waals surface area (Å²) in [6.07, 6.45) is 1.48. The molecule has 8 heteroatoms. The van der Waals surface area contributed by atoms with Crippen molar-refractivity contribution in [2.75, 3.05) is 0 Å². The van der Waals surface area contributed by atoms with Crippen LogP contribution >= 0.6 is 27.7 Å². The zero-order valence-corrected chi connectivity index (χ0v) is 16.1. The van der Waals surface area contributed by atoms with Gasteiger partial charge in [-0.1, -0.05) is 41.5 Å². The van der Waals surface area contributed by atoms with Gasteiger partial charge in [0.15, 0.2) is 5.76 Å². The minimum absolute atomic E-state index is 0.0880. The molecule has 0 spiro atoms. The molecule has 2 aromatic heterocycles. The molecule has 0 saturated heterocycles. The fraction of sp³-hybridized carbons (Fsp3) is 0.188. The molecule has 3 rings (SSSR count). The highest BCUT2D eigenvalue weighted by molar-refractivity contribution is 9.10. The molecule has 24 heavy (non-hydrogen) atoms. The highest BCUT2D eigenvalue weighted by Gasteiger charge is 2.29. The van der Waals surface area contributed by atoms with E-state index in [1.54, 1.807) is 24.3 Å². The van der Waals surface area contributed by atoms with Crippen LogP contribution in [0.2, 0.25) is 0 Å². The van der Waals surface area contributed by atoms with Crippen LogP contribution in [0.3, 0.4) is 0 Å². The summed E-state index contributed by atoms with van der Waals surface area (Å²) in [6.45, 7) is 3.91. The molecule has 0 unspecified atom stereocenters. The molecule has 126 valence electrons. The van der Waals surface area contributed by atoms with E-state index in [0.29, 0.717) is 5.76 Å². The Morgan fingerprint density at radius 2 is 1.88 bits per heavy atom. The Labute approximate surface area is 152 Å². The average molecular weight is 428 g/mol. The Kier molecular flexibility index (Phi) is 4.89. The first-order valence-corrected chi connectivity index (χ1v) is 10.3. The topological polar surface area (TPSA) is 73.3 Å². The smallest absolute Gasteiger partial charge is 0.265 e. The van der Waals surface area contributed by atoms with Crippen LogP contribution in [-0.4, -0.2) is 18.7 Å². The van der Waals surface area contributed by atoms with Crippen molar-refractivity contribution < 1.29 is 17.3 Å². The third kappa shape index (κ3) is 3.45. The number of rotatable bonds is 5. The van der Waals surface area contributed by atoms with Crippen molar-refractivity contribution in [3.8, 4) is 11.7 Å². The maximum Gasteiger partial charge on any atom is 0.265 e. The van der Waals surface area contributed by atoms with Gasteiger partial charge in [-0.15, -0.1) is 0 Å². The number of furan rings is 1. The maximum absolute atomic E-state index is 12.9. The number of thioether (sulfide) groups is 1. The standard InChI is InChI=1S/C16H14BrNO4S2/c1-10(2)23-16-15(18-14(22-16)13-4-3-9-21-13)24(19,20)12-7-5-11(17)6-8-12/h3-10H,1-2H3. The molecule has 0 radical (unpaired) electrons. The van der Waals surface area contributed by atoms with Crippen LogP contribution in [0.5, 0.6) is 0 Å². The van der Waals surface area contributed by atoms with Crippen LogP contribution in [0.15, 0.2) is 71.0 Å². The number of hydrogen-bond donors (Lipinski definition) is 0. The zero-order valence-electron chi connectivity index (χ0n) is 12.9. The van der Waals surface area contributed by atoms with E-state index in [-0.39, 0.29) is 26.2 Å². The molecule has 1 aromatic carbocycles. The summed E-state index contributed by atoms with van der Waals surface area (Å²) in [4.78, 5) is 4.36. The van der Waals surface area contributed by atoms with Crippen LogP contribution in [0.25, 0.3) is 11.7 Å². The van der Waals surface area contributed by atoms with Gasteiger partial charge >= 0.3 is 0 Å². The van der Waals surface area contributed by atoms with Gasteiger partial charge in [0.05, 0.1) is 11.2 Å². The summed E-state index contributed by atoms with van der Waals surface area (Å²) in [6, 6.07) is 9.78. The Hall–Kier alpha value is -1.51. The number of nitrogens with zero attached hydrogens (tertiary/aromatic N) is 1. The number of sulfone groups is 1. The van der Waals surface area contributed by atoms with Crippen LogP contribution in [0.4, 0.5) is 0 Å². The molecule has 0 fully saturated rings. The molecule has 0 atom stereocenters. The number of hydrogen-bond acceptors (Lipinski definition) is 6. The predicted octanol–water partition coefficient (Wildman–Crippen LogP) is 5.03. The molecular weight excluding hydrogens is 414 g/mol. The first kappa shape index (κ1) is 17.3. The second-order valence-corrected chi connectivity index (χ2v) is 9.54. The van der Waals surface area contributed by atoms with Gasteiger partial charge < -0.3 is 8.83 Å². The Morgan fingerprint density at radius 1 is 1.17 bits per heavy atom. The van der Waals surface area contributed by atoms with Crippen LogP contribution < -0.4 is 0 Å². The van der Waals surface area contributed by atoms with E-state index < -0.39 is 9.84 Å². The molecule has 0 aliphatic heterocycles. The Bertz CT molecular complexity index is 929. The van der Waals surface area contributed by atoms with Crippen LogP contribution in [0, 0.1) is 0 Å². The van der Waals surface area contributed by atoms with Crippen LogP contribution in [-0.2, 0) is 9.84 Å². The lowest BCUT2D eigenvalue weighted by atomic mass is 10.4. The van der Waals surface area contributed by atoms with Gasteiger partial charge in [0.1, 0.15) is 0 Å². The van der Waals surface area contributed by atoms with E-state index >= 15 is 0 Å². The fourth-order valence-corrected chi connectivity index (χ4v) is 4.60. The van der Waals surface area contributed by atoms with Gasteiger partial charge in [-0.2, -0.15) is 4.98 Å². The molecule has 3 aromatic rings. The Morgan fingerprint density at radius 3 is 2.46 bits per heavy atom. The van der Waals surface area contributed by atoms with Gasteiger partial charge in [0, 0.05) is 9.72 Å². The lowest BCUT2D eigenvalue weighted by Gasteiger charge is -2.05. The molecule has 0 N–H and O–H groups in total. The number of oxazole rings is 1. The number of aromatic nitrogens is 1. The monoisotopic (exact) mass is 427 g/mol. The van der Waals surface area contributed by atoms with Gasteiger partial charge in [0.25, 0.3) is 5.89 Å². The maximum atomic E-state index is 12.9. The zero-order chi connectivity index (χ0) is 17.3. The van der Waals surface area contributed by atoms with E-state index in [4.69, 9.17) is 8.83 Å². The van der Waals surface area contributed by atoms with Crippen molar-refractivity contribution in [1.82, 2.24) is 4.98 Å². The SMILES string of the molecule is CC(C)Sc1oc(-c2ccco2)nc1S(=O)(=O)c1ccc(Br)cc1. The lowest BCUT2D eigenvalue weighted by molar-refractivity contribution is 0.450. The summed E-state index contributed by atoms with van der Waals surface area (Å²) < 4.78 is 37.6. The third-order valence-electron chi connectivity index (χ3n) is 3.02. The summed E-state index contributed by atoms with van der Waals surface area (Å²) in [7, 11) is -3.79. The van der Waals surface area contributed by atoms with Crippen molar-refractivity contribution in [1.29, 1.82) is 0 Å².